The van der Waals surface area contributed by atoms with E-state index in [0.29, 0.717) is 0 Å². The van der Waals surface area contributed by atoms with E-state index in [1.807, 2.05) is 0 Å². The zero-order chi connectivity index (χ0) is 4.57. The molecule has 2 nitrogen and oxygen atoms in total. The molecular weight excluding hydrogens is 119 g/mol. The summed E-state index contributed by atoms with van der Waals surface area (Å²) in [4.78, 5) is 9.76. The van der Waals surface area contributed by atoms with E-state index in [1.165, 1.54) is 0 Å². The van der Waals surface area contributed by atoms with E-state index in [9.17, 15) is 4.79 Å². The number of aliphatic carboxylic acids is 1. The molecule has 1 N–H and O–H groups in total. The Hall–Kier alpha value is 1.11. The fourth-order valence-corrected chi connectivity index (χ4v) is 0.330. The van der Waals surface area contributed by atoms with Crippen molar-refractivity contribution in [2.75, 3.05) is 0 Å². The van der Waals surface area contributed by atoms with Gasteiger partial charge in [0.25, 0.3) is 0 Å². The van der Waals surface area contributed by atoms with Crippen LogP contribution in [0.3, 0.4) is 0 Å². The third kappa shape index (κ3) is 2.82. The average molecular weight is 125 g/mol. The summed E-state index contributed by atoms with van der Waals surface area (Å²) in [5.74, 6) is -0.611. The minimum atomic E-state index is -0.630. The molecule has 0 aliphatic heterocycles. The SMILES string of the molecule is O=C(O)C1CC1.[K]. The number of rotatable bonds is 1. The molecule has 0 atom stereocenters. The Morgan fingerprint density at radius 1 is 1.57 bits per heavy atom. The Labute approximate surface area is 84.7 Å². The van der Waals surface area contributed by atoms with Crippen molar-refractivity contribution in [3.05, 3.63) is 0 Å². The Kier molecular flexibility index (Phi) is 3.70. The third-order valence-electron chi connectivity index (χ3n) is 0.927. The Morgan fingerprint density at radius 3 is 2.00 bits per heavy atom. The zero-order valence-corrected chi connectivity index (χ0v) is 7.47. The maximum atomic E-state index is 9.76. The van der Waals surface area contributed by atoms with E-state index < -0.39 is 5.97 Å². The van der Waals surface area contributed by atoms with E-state index in [4.69, 9.17) is 5.11 Å². The van der Waals surface area contributed by atoms with Gasteiger partial charge in [-0.05, 0) is 12.8 Å². The second-order valence-electron chi connectivity index (χ2n) is 1.61. The quantitative estimate of drug-likeness (QED) is 0.505. The minimum Gasteiger partial charge on any atom is -0.481 e. The van der Waals surface area contributed by atoms with E-state index in [1.54, 1.807) is 0 Å². The van der Waals surface area contributed by atoms with Gasteiger partial charge in [0, 0.05) is 51.4 Å². The van der Waals surface area contributed by atoms with Crippen LogP contribution in [0.15, 0.2) is 0 Å². The van der Waals surface area contributed by atoms with Crippen LogP contribution in [0.25, 0.3) is 0 Å². The molecule has 0 bridgehead atoms. The summed E-state index contributed by atoms with van der Waals surface area (Å²) in [5.41, 5.74) is 0. The van der Waals surface area contributed by atoms with Crippen LogP contribution >= 0.6 is 0 Å². The fraction of sp³-hybridized carbons (Fsp3) is 0.750. The van der Waals surface area contributed by atoms with Gasteiger partial charge in [0.2, 0.25) is 0 Å². The van der Waals surface area contributed by atoms with Crippen molar-refractivity contribution >= 4 is 57.4 Å². The Morgan fingerprint density at radius 2 is 2.00 bits per heavy atom. The summed E-state index contributed by atoms with van der Waals surface area (Å²) in [6.45, 7) is 0. The standard InChI is InChI=1S/C4H6O2.K/c5-4(6)3-1-2-3;/h3H,1-2H2,(H,5,6);. The molecule has 0 amide bonds. The van der Waals surface area contributed by atoms with Crippen molar-refractivity contribution in [2.24, 2.45) is 5.92 Å². The van der Waals surface area contributed by atoms with Crippen LogP contribution in [0.4, 0.5) is 0 Å². The van der Waals surface area contributed by atoms with Gasteiger partial charge in [0.15, 0.2) is 0 Å². The van der Waals surface area contributed by atoms with Gasteiger partial charge in [0.05, 0.1) is 5.92 Å². The molecule has 0 aromatic heterocycles. The van der Waals surface area contributed by atoms with E-state index >= 15 is 0 Å². The van der Waals surface area contributed by atoms with E-state index in [0.717, 1.165) is 12.8 Å². The fourth-order valence-electron chi connectivity index (χ4n) is 0.330. The summed E-state index contributed by atoms with van der Waals surface area (Å²) in [7, 11) is 0. The van der Waals surface area contributed by atoms with Crippen LogP contribution in [0.2, 0.25) is 0 Å². The number of hydrogen-bond donors (Lipinski definition) is 1. The molecule has 1 rings (SSSR count). The molecule has 1 aliphatic rings. The predicted octanol–water partition coefficient (Wildman–Crippen LogP) is 0.100. The van der Waals surface area contributed by atoms with Crippen LogP contribution in [-0.4, -0.2) is 62.5 Å². The maximum absolute atomic E-state index is 9.76. The first kappa shape index (κ1) is 8.11. The topological polar surface area (TPSA) is 37.3 Å². The first-order valence-corrected chi connectivity index (χ1v) is 2.03. The molecule has 1 aliphatic carbocycles. The molecule has 0 unspecified atom stereocenters. The third-order valence-corrected chi connectivity index (χ3v) is 0.927. The van der Waals surface area contributed by atoms with Crippen LogP contribution in [0, 0.1) is 5.92 Å². The van der Waals surface area contributed by atoms with Crippen molar-refractivity contribution in [1.29, 1.82) is 0 Å². The van der Waals surface area contributed by atoms with Gasteiger partial charge in [-0.3, -0.25) is 4.79 Å². The molecule has 7 heavy (non-hydrogen) atoms. The first-order valence-electron chi connectivity index (χ1n) is 2.03. The van der Waals surface area contributed by atoms with E-state index in [2.05, 4.69) is 0 Å². The number of carboxylic acids is 1. The van der Waals surface area contributed by atoms with Gasteiger partial charge in [-0.1, -0.05) is 0 Å². The van der Waals surface area contributed by atoms with Crippen molar-refractivity contribution in [3.8, 4) is 0 Å². The van der Waals surface area contributed by atoms with Crippen molar-refractivity contribution in [3.63, 3.8) is 0 Å². The van der Waals surface area contributed by atoms with Crippen LogP contribution in [0.1, 0.15) is 12.8 Å². The van der Waals surface area contributed by atoms with Gasteiger partial charge in [-0.2, -0.15) is 0 Å². The molecule has 3 heteroatoms. The average Bonchev–Trinajstić information content (AvgIpc) is 2.06. The monoisotopic (exact) mass is 125 g/mol. The largest absolute Gasteiger partial charge is 0.481 e. The molecule has 0 heterocycles. The Bertz CT molecular complexity index is 77.8. The van der Waals surface area contributed by atoms with Crippen molar-refractivity contribution in [2.45, 2.75) is 12.8 Å². The molecule has 0 saturated heterocycles. The normalized spacial score (nSPS) is 17.7. The smallest absolute Gasteiger partial charge is 0.306 e. The molecule has 0 spiro atoms. The summed E-state index contributed by atoms with van der Waals surface area (Å²) >= 11 is 0. The summed E-state index contributed by atoms with van der Waals surface area (Å²) in [6.07, 6.45) is 1.80. The number of carboxylic acid groups (broad SMARTS) is 1. The zero-order valence-electron chi connectivity index (χ0n) is 4.35. The second-order valence-corrected chi connectivity index (χ2v) is 1.61. The number of carbonyl (C=O) groups is 1. The molecule has 0 aromatic carbocycles. The van der Waals surface area contributed by atoms with Gasteiger partial charge in [-0.25, -0.2) is 0 Å². The molecular formula is C4H6KO2. The molecule has 1 radical (unpaired) electrons. The van der Waals surface area contributed by atoms with Crippen LogP contribution in [-0.2, 0) is 4.79 Å². The van der Waals surface area contributed by atoms with Gasteiger partial charge in [-0.15, -0.1) is 0 Å². The summed E-state index contributed by atoms with van der Waals surface area (Å²) in [6, 6.07) is 0. The Balaban J connectivity index is 0.000000360. The predicted molar refractivity (Wildman–Crippen MR) is 26.1 cm³/mol. The van der Waals surface area contributed by atoms with Gasteiger partial charge >= 0.3 is 5.97 Å². The first-order chi connectivity index (χ1) is 2.80. The van der Waals surface area contributed by atoms with Gasteiger partial charge in [0.1, 0.15) is 0 Å². The minimum absolute atomic E-state index is 0. The van der Waals surface area contributed by atoms with Crippen molar-refractivity contribution in [1.82, 2.24) is 0 Å². The molecule has 0 aromatic rings. The summed E-state index contributed by atoms with van der Waals surface area (Å²) in [5, 5.41) is 8.05. The molecule has 35 valence electrons. The maximum Gasteiger partial charge on any atom is 0.306 e. The van der Waals surface area contributed by atoms with E-state index in [-0.39, 0.29) is 57.3 Å². The molecule has 1 saturated carbocycles. The second kappa shape index (κ2) is 3.20. The molecule has 1 fully saturated rings. The van der Waals surface area contributed by atoms with Crippen molar-refractivity contribution < 1.29 is 9.90 Å². The van der Waals surface area contributed by atoms with Gasteiger partial charge < -0.3 is 5.11 Å². The number of hydrogen-bond acceptors (Lipinski definition) is 1. The van der Waals surface area contributed by atoms with Crippen LogP contribution in [0.5, 0.6) is 0 Å². The van der Waals surface area contributed by atoms with Crippen LogP contribution < -0.4 is 0 Å². The summed E-state index contributed by atoms with van der Waals surface area (Å²) < 4.78 is 0.